The molecule has 3 rings (SSSR count). The molecule has 1 heterocycles. The van der Waals surface area contributed by atoms with E-state index in [1.807, 2.05) is 0 Å². The number of carbonyl (C=O) groups is 1. The topological polar surface area (TPSA) is 91.8 Å². The number of carbonyl (C=O) groups excluding carboxylic acids is 1. The van der Waals surface area contributed by atoms with Crippen LogP contribution in [0.25, 0.3) is 22.1 Å². The van der Waals surface area contributed by atoms with E-state index in [1.54, 1.807) is 49.6 Å². The second-order valence-corrected chi connectivity index (χ2v) is 5.12. The van der Waals surface area contributed by atoms with Crippen molar-refractivity contribution in [3.63, 3.8) is 0 Å². The Kier molecular flexibility index (Phi) is 4.20. The lowest BCUT2D eigenvalue weighted by atomic mass is 10.1. The maximum atomic E-state index is 12.7. The van der Waals surface area contributed by atoms with Crippen molar-refractivity contribution in [3.8, 4) is 22.6 Å². The number of fused-ring (bicyclic) bond motifs is 1. The molecule has 0 bridgehead atoms. The van der Waals surface area contributed by atoms with Crippen molar-refractivity contribution in [1.29, 1.82) is 0 Å². The van der Waals surface area contributed by atoms with Gasteiger partial charge in [0.1, 0.15) is 23.3 Å². The molecule has 0 spiro atoms. The molecule has 0 aliphatic rings. The van der Waals surface area contributed by atoms with Crippen LogP contribution in [0.3, 0.4) is 0 Å². The normalized spacial score (nSPS) is 10.5. The molecule has 6 nitrogen and oxygen atoms in total. The van der Waals surface area contributed by atoms with Crippen LogP contribution in [-0.2, 0) is 4.79 Å². The van der Waals surface area contributed by atoms with Gasteiger partial charge in [0.15, 0.2) is 12.0 Å². The summed E-state index contributed by atoms with van der Waals surface area (Å²) in [6, 6.07) is 11.9. The van der Waals surface area contributed by atoms with Gasteiger partial charge < -0.3 is 19.6 Å². The first-order valence-electron chi connectivity index (χ1n) is 7.19. The van der Waals surface area contributed by atoms with Gasteiger partial charge in [0, 0.05) is 6.07 Å². The number of rotatable bonds is 5. The zero-order chi connectivity index (χ0) is 17.1. The average molecular weight is 325 g/mol. The van der Waals surface area contributed by atoms with Crippen LogP contribution in [0.1, 0.15) is 0 Å². The maximum absolute atomic E-state index is 12.7. The lowest BCUT2D eigenvalue weighted by Gasteiger charge is -2.06. The first kappa shape index (κ1) is 15.6. The van der Waals surface area contributed by atoms with E-state index in [-0.39, 0.29) is 12.0 Å². The Morgan fingerprint density at radius 1 is 1.12 bits per heavy atom. The molecule has 122 valence electrons. The number of hydrogen-bond acceptors (Lipinski definition) is 5. The SMILES string of the molecule is COc1ccc(-c2coc3cc(OCC(N)=O)ccc3c2=O)cc1. The fourth-order valence-electron chi connectivity index (χ4n) is 2.32. The summed E-state index contributed by atoms with van der Waals surface area (Å²) in [6.07, 6.45) is 1.41. The van der Waals surface area contributed by atoms with Crippen molar-refractivity contribution in [2.24, 2.45) is 5.73 Å². The van der Waals surface area contributed by atoms with Crippen molar-refractivity contribution in [3.05, 3.63) is 59.0 Å². The number of amides is 1. The summed E-state index contributed by atoms with van der Waals surface area (Å²) in [5, 5.41) is 0.426. The lowest BCUT2D eigenvalue weighted by molar-refractivity contribution is -0.119. The number of nitrogens with two attached hydrogens (primary N) is 1. The van der Waals surface area contributed by atoms with Crippen LogP contribution in [0.15, 0.2) is 57.9 Å². The highest BCUT2D eigenvalue weighted by atomic mass is 16.5. The molecular weight excluding hydrogens is 310 g/mol. The molecule has 1 amide bonds. The Balaban J connectivity index is 1.99. The monoisotopic (exact) mass is 325 g/mol. The summed E-state index contributed by atoms with van der Waals surface area (Å²) in [7, 11) is 1.58. The molecule has 0 aliphatic carbocycles. The van der Waals surface area contributed by atoms with Gasteiger partial charge in [0.05, 0.1) is 18.1 Å². The zero-order valence-electron chi connectivity index (χ0n) is 12.9. The molecule has 0 atom stereocenters. The molecule has 0 saturated heterocycles. The maximum Gasteiger partial charge on any atom is 0.255 e. The van der Waals surface area contributed by atoms with Crippen molar-refractivity contribution in [1.82, 2.24) is 0 Å². The zero-order valence-corrected chi connectivity index (χ0v) is 12.9. The molecule has 0 saturated carbocycles. The smallest absolute Gasteiger partial charge is 0.255 e. The summed E-state index contributed by atoms with van der Waals surface area (Å²) < 4.78 is 15.9. The van der Waals surface area contributed by atoms with Crippen LogP contribution >= 0.6 is 0 Å². The number of ether oxygens (including phenoxy) is 2. The van der Waals surface area contributed by atoms with E-state index >= 15 is 0 Å². The first-order valence-corrected chi connectivity index (χ1v) is 7.19. The second-order valence-electron chi connectivity index (χ2n) is 5.12. The molecule has 24 heavy (non-hydrogen) atoms. The summed E-state index contributed by atoms with van der Waals surface area (Å²) in [6.45, 7) is -0.236. The Morgan fingerprint density at radius 2 is 1.83 bits per heavy atom. The third-order valence-corrected chi connectivity index (χ3v) is 3.53. The molecule has 1 aromatic heterocycles. The second kappa shape index (κ2) is 6.45. The number of benzene rings is 2. The molecule has 0 unspecified atom stereocenters. The largest absolute Gasteiger partial charge is 0.497 e. The summed E-state index contributed by atoms with van der Waals surface area (Å²) in [4.78, 5) is 23.4. The van der Waals surface area contributed by atoms with Crippen molar-refractivity contribution in [2.75, 3.05) is 13.7 Å². The quantitative estimate of drug-likeness (QED) is 0.777. The van der Waals surface area contributed by atoms with Gasteiger partial charge in [-0.05, 0) is 29.8 Å². The van der Waals surface area contributed by atoms with Crippen molar-refractivity contribution in [2.45, 2.75) is 0 Å². The minimum Gasteiger partial charge on any atom is -0.497 e. The van der Waals surface area contributed by atoms with Gasteiger partial charge in [0.2, 0.25) is 0 Å². The molecular formula is C18H15NO5. The Labute approximate surface area is 137 Å². The molecule has 0 fully saturated rings. The van der Waals surface area contributed by atoms with Crippen LogP contribution in [0.5, 0.6) is 11.5 Å². The van der Waals surface area contributed by atoms with Gasteiger partial charge in [0.25, 0.3) is 5.91 Å². The van der Waals surface area contributed by atoms with Gasteiger partial charge in [-0.15, -0.1) is 0 Å². The molecule has 0 radical (unpaired) electrons. The van der Waals surface area contributed by atoms with Crippen LogP contribution in [0.2, 0.25) is 0 Å². The van der Waals surface area contributed by atoms with Crippen LogP contribution in [-0.4, -0.2) is 19.6 Å². The van der Waals surface area contributed by atoms with E-state index in [9.17, 15) is 9.59 Å². The Morgan fingerprint density at radius 3 is 2.50 bits per heavy atom. The summed E-state index contributed by atoms with van der Waals surface area (Å²) in [5.74, 6) is 0.535. The fraction of sp³-hybridized carbons (Fsp3) is 0.111. The third kappa shape index (κ3) is 3.08. The molecule has 2 aromatic carbocycles. The lowest BCUT2D eigenvalue weighted by Crippen LogP contribution is -2.20. The van der Waals surface area contributed by atoms with Gasteiger partial charge in [-0.2, -0.15) is 0 Å². The van der Waals surface area contributed by atoms with E-state index in [0.29, 0.717) is 28.0 Å². The van der Waals surface area contributed by atoms with E-state index in [1.165, 1.54) is 6.26 Å². The summed E-state index contributed by atoms with van der Waals surface area (Å²) >= 11 is 0. The Bertz CT molecular complexity index is 944. The van der Waals surface area contributed by atoms with Gasteiger partial charge in [-0.3, -0.25) is 9.59 Å². The summed E-state index contributed by atoms with van der Waals surface area (Å²) in [5.41, 5.74) is 6.45. The van der Waals surface area contributed by atoms with Crippen molar-refractivity contribution >= 4 is 16.9 Å². The molecule has 2 N–H and O–H groups in total. The van der Waals surface area contributed by atoms with Gasteiger partial charge >= 0.3 is 0 Å². The number of hydrogen-bond donors (Lipinski definition) is 1. The van der Waals surface area contributed by atoms with Crippen LogP contribution < -0.4 is 20.6 Å². The highest BCUT2D eigenvalue weighted by Gasteiger charge is 2.10. The van der Waals surface area contributed by atoms with Crippen LogP contribution in [0, 0.1) is 0 Å². The average Bonchev–Trinajstić information content (AvgIpc) is 2.60. The first-order chi connectivity index (χ1) is 11.6. The Hall–Kier alpha value is -3.28. The standard InChI is InChI=1S/C18H15NO5/c1-22-12-4-2-11(3-5-12)15-9-24-16-8-13(23-10-17(19)20)6-7-14(16)18(15)21/h2-9H,10H2,1H3,(H2,19,20). The molecule has 0 aliphatic heterocycles. The fourth-order valence-corrected chi connectivity index (χ4v) is 2.32. The number of primary amides is 1. The van der Waals surface area contributed by atoms with Gasteiger partial charge in [-0.1, -0.05) is 12.1 Å². The highest BCUT2D eigenvalue weighted by Crippen LogP contribution is 2.24. The van der Waals surface area contributed by atoms with E-state index in [2.05, 4.69) is 0 Å². The van der Waals surface area contributed by atoms with E-state index in [0.717, 1.165) is 5.56 Å². The van der Waals surface area contributed by atoms with Crippen molar-refractivity contribution < 1.29 is 18.7 Å². The highest BCUT2D eigenvalue weighted by molar-refractivity contribution is 5.83. The van der Waals surface area contributed by atoms with E-state index in [4.69, 9.17) is 19.6 Å². The predicted octanol–water partition coefficient (Wildman–Crippen LogP) is 2.33. The minimum atomic E-state index is -0.577. The predicted molar refractivity (Wildman–Crippen MR) is 89.2 cm³/mol. The van der Waals surface area contributed by atoms with Crippen LogP contribution in [0.4, 0.5) is 0 Å². The molecule has 6 heteroatoms. The number of methoxy groups -OCH3 is 1. The molecule has 3 aromatic rings. The van der Waals surface area contributed by atoms with E-state index < -0.39 is 5.91 Å². The van der Waals surface area contributed by atoms with Gasteiger partial charge in [-0.25, -0.2) is 0 Å². The third-order valence-electron chi connectivity index (χ3n) is 3.53. The minimum absolute atomic E-state index is 0.150.